The van der Waals surface area contributed by atoms with E-state index in [0.29, 0.717) is 0 Å². The standard InChI is InChI=1S/C8H18ClN/c1-2-3-4-5-6-7-8-10-9/h10H,2-8H2,1H3. The Balaban J connectivity index is 2.65. The van der Waals surface area contributed by atoms with Crippen LogP contribution in [0.25, 0.3) is 0 Å². The van der Waals surface area contributed by atoms with E-state index in [4.69, 9.17) is 11.8 Å². The lowest BCUT2D eigenvalue weighted by Gasteiger charge is -1.97. The Kier molecular flexibility index (Phi) is 9.48. The molecule has 0 aromatic rings. The van der Waals surface area contributed by atoms with Gasteiger partial charge in [0.2, 0.25) is 0 Å². The molecule has 0 spiro atoms. The average Bonchev–Trinajstić information content (AvgIpc) is 1.97. The minimum atomic E-state index is 0.952. The van der Waals surface area contributed by atoms with Crippen molar-refractivity contribution >= 4 is 11.8 Å². The molecule has 0 aliphatic carbocycles. The van der Waals surface area contributed by atoms with E-state index >= 15 is 0 Å². The minimum absolute atomic E-state index is 0.952. The van der Waals surface area contributed by atoms with Crippen LogP contribution in [0.4, 0.5) is 0 Å². The summed E-state index contributed by atoms with van der Waals surface area (Å²) >= 11 is 5.29. The second kappa shape index (κ2) is 9.25. The van der Waals surface area contributed by atoms with Crippen molar-refractivity contribution in [1.82, 2.24) is 4.84 Å². The monoisotopic (exact) mass is 163 g/mol. The van der Waals surface area contributed by atoms with Crippen molar-refractivity contribution in [2.24, 2.45) is 0 Å². The third-order valence-corrected chi connectivity index (χ3v) is 1.81. The third kappa shape index (κ3) is 8.25. The van der Waals surface area contributed by atoms with E-state index in [-0.39, 0.29) is 0 Å². The lowest BCUT2D eigenvalue weighted by Crippen LogP contribution is -1.99. The van der Waals surface area contributed by atoms with Gasteiger partial charge in [-0.05, 0) is 18.2 Å². The summed E-state index contributed by atoms with van der Waals surface area (Å²) in [6.07, 6.45) is 8.00. The molecule has 0 heterocycles. The molecule has 0 radical (unpaired) electrons. The molecule has 10 heavy (non-hydrogen) atoms. The fourth-order valence-electron chi connectivity index (χ4n) is 0.972. The first-order valence-corrected chi connectivity index (χ1v) is 4.63. The molecule has 2 heteroatoms. The number of unbranched alkanes of at least 4 members (excludes halogenated alkanes) is 5. The highest BCUT2D eigenvalue weighted by Crippen LogP contribution is 2.03. The van der Waals surface area contributed by atoms with Gasteiger partial charge in [0.1, 0.15) is 0 Å². The zero-order valence-electron chi connectivity index (χ0n) is 6.83. The molecule has 0 aromatic carbocycles. The first-order valence-electron chi connectivity index (χ1n) is 4.25. The Bertz CT molecular complexity index is 49.2. The van der Waals surface area contributed by atoms with E-state index in [1.165, 1.54) is 38.5 Å². The van der Waals surface area contributed by atoms with Crippen LogP contribution in [0.15, 0.2) is 0 Å². The summed E-state index contributed by atoms with van der Waals surface area (Å²) in [6, 6.07) is 0. The van der Waals surface area contributed by atoms with E-state index in [2.05, 4.69) is 11.8 Å². The maximum absolute atomic E-state index is 5.29. The summed E-state index contributed by atoms with van der Waals surface area (Å²) in [5, 5.41) is 0. The first-order chi connectivity index (χ1) is 4.91. The molecule has 0 rings (SSSR count). The second-order valence-corrected chi connectivity index (χ2v) is 2.92. The largest absolute Gasteiger partial charge is 0.234 e. The number of hydrogen-bond acceptors (Lipinski definition) is 1. The van der Waals surface area contributed by atoms with Crippen LogP contribution >= 0.6 is 11.8 Å². The van der Waals surface area contributed by atoms with Crippen LogP contribution in [-0.4, -0.2) is 6.54 Å². The fourth-order valence-corrected chi connectivity index (χ4v) is 1.11. The number of halogens is 1. The number of rotatable bonds is 7. The molecule has 0 fully saturated rings. The zero-order chi connectivity index (χ0) is 7.66. The minimum Gasteiger partial charge on any atom is -0.234 e. The molecule has 0 atom stereocenters. The van der Waals surface area contributed by atoms with E-state index in [0.717, 1.165) is 6.54 Å². The van der Waals surface area contributed by atoms with Crippen molar-refractivity contribution in [1.29, 1.82) is 0 Å². The van der Waals surface area contributed by atoms with Gasteiger partial charge in [-0.25, -0.2) is 4.84 Å². The van der Waals surface area contributed by atoms with E-state index in [9.17, 15) is 0 Å². The molecule has 0 unspecified atom stereocenters. The lowest BCUT2D eigenvalue weighted by molar-refractivity contribution is 0.605. The van der Waals surface area contributed by atoms with Crippen LogP contribution in [-0.2, 0) is 0 Å². The molecule has 0 saturated carbocycles. The highest BCUT2D eigenvalue weighted by Gasteiger charge is 1.87. The Hall–Kier alpha value is 0.250. The Morgan fingerprint density at radius 1 is 1.00 bits per heavy atom. The van der Waals surface area contributed by atoms with Gasteiger partial charge in [-0.15, -0.1) is 0 Å². The van der Waals surface area contributed by atoms with E-state index in [1.54, 1.807) is 0 Å². The molecule has 0 aromatic heterocycles. The normalized spacial score (nSPS) is 10.2. The summed E-state index contributed by atoms with van der Waals surface area (Å²) in [5.41, 5.74) is 0. The maximum Gasteiger partial charge on any atom is 0.0108 e. The van der Waals surface area contributed by atoms with Gasteiger partial charge in [0.25, 0.3) is 0 Å². The zero-order valence-corrected chi connectivity index (χ0v) is 7.58. The van der Waals surface area contributed by atoms with E-state index in [1.807, 2.05) is 0 Å². The predicted octanol–water partition coefficient (Wildman–Crippen LogP) is 3.09. The van der Waals surface area contributed by atoms with Crippen LogP contribution < -0.4 is 4.84 Å². The summed E-state index contributed by atoms with van der Waals surface area (Å²) in [4.78, 5) is 2.63. The molecule has 1 N–H and O–H groups in total. The second-order valence-electron chi connectivity index (χ2n) is 2.65. The van der Waals surface area contributed by atoms with Gasteiger partial charge < -0.3 is 0 Å². The van der Waals surface area contributed by atoms with Crippen LogP contribution in [0.5, 0.6) is 0 Å². The van der Waals surface area contributed by atoms with Gasteiger partial charge in [0, 0.05) is 6.54 Å². The predicted molar refractivity (Wildman–Crippen MR) is 47.2 cm³/mol. The Labute approximate surface area is 69.3 Å². The average molecular weight is 164 g/mol. The lowest BCUT2D eigenvalue weighted by atomic mass is 10.1. The Morgan fingerprint density at radius 3 is 2.20 bits per heavy atom. The van der Waals surface area contributed by atoms with Gasteiger partial charge in [0.05, 0.1) is 0 Å². The van der Waals surface area contributed by atoms with Crippen LogP contribution in [0, 0.1) is 0 Å². The molecule has 1 nitrogen and oxygen atoms in total. The number of nitrogens with one attached hydrogen (secondary N) is 1. The van der Waals surface area contributed by atoms with Gasteiger partial charge in [-0.1, -0.05) is 39.0 Å². The quantitative estimate of drug-likeness (QED) is 0.449. The highest BCUT2D eigenvalue weighted by atomic mass is 35.5. The first kappa shape index (κ1) is 10.2. The summed E-state index contributed by atoms with van der Waals surface area (Å²) < 4.78 is 0. The SMILES string of the molecule is CCCCCCCCNCl. The molecular formula is C8H18ClN. The van der Waals surface area contributed by atoms with Crippen LogP contribution in [0.2, 0.25) is 0 Å². The molecule has 0 bridgehead atoms. The molecule has 0 amide bonds. The van der Waals surface area contributed by atoms with Crippen LogP contribution in [0.1, 0.15) is 45.4 Å². The van der Waals surface area contributed by atoms with Gasteiger partial charge in [-0.3, -0.25) is 0 Å². The fraction of sp³-hybridized carbons (Fsp3) is 1.00. The summed E-state index contributed by atoms with van der Waals surface area (Å²) in [6.45, 7) is 3.19. The molecule has 0 aliphatic heterocycles. The number of hydrogen-bond donors (Lipinski definition) is 1. The maximum atomic E-state index is 5.29. The van der Waals surface area contributed by atoms with Crippen molar-refractivity contribution in [2.45, 2.75) is 45.4 Å². The topological polar surface area (TPSA) is 12.0 Å². The molecular weight excluding hydrogens is 146 g/mol. The van der Waals surface area contributed by atoms with E-state index < -0.39 is 0 Å². The van der Waals surface area contributed by atoms with Crippen molar-refractivity contribution in [3.63, 3.8) is 0 Å². The Morgan fingerprint density at radius 2 is 1.60 bits per heavy atom. The van der Waals surface area contributed by atoms with Gasteiger partial charge in [0.15, 0.2) is 0 Å². The van der Waals surface area contributed by atoms with Crippen molar-refractivity contribution in [3.8, 4) is 0 Å². The van der Waals surface area contributed by atoms with Gasteiger partial charge in [-0.2, -0.15) is 0 Å². The van der Waals surface area contributed by atoms with Crippen molar-refractivity contribution in [2.75, 3.05) is 6.54 Å². The molecule has 0 saturated heterocycles. The van der Waals surface area contributed by atoms with Crippen molar-refractivity contribution in [3.05, 3.63) is 0 Å². The summed E-state index contributed by atoms with van der Waals surface area (Å²) in [7, 11) is 0. The van der Waals surface area contributed by atoms with Crippen LogP contribution in [0.3, 0.4) is 0 Å². The summed E-state index contributed by atoms with van der Waals surface area (Å²) in [5.74, 6) is 0. The molecule has 62 valence electrons. The van der Waals surface area contributed by atoms with Gasteiger partial charge >= 0.3 is 0 Å². The highest BCUT2D eigenvalue weighted by molar-refractivity contribution is 6.13. The van der Waals surface area contributed by atoms with Crippen molar-refractivity contribution < 1.29 is 0 Å². The smallest absolute Gasteiger partial charge is 0.0108 e. The molecule has 0 aliphatic rings. The third-order valence-electron chi connectivity index (χ3n) is 1.62.